The summed E-state index contributed by atoms with van der Waals surface area (Å²) in [5, 5.41) is 8.73. The van der Waals surface area contributed by atoms with E-state index in [0.717, 1.165) is 6.29 Å². The van der Waals surface area contributed by atoms with E-state index in [1.165, 1.54) is 0 Å². The zero-order valence-corrected chi connectivity index (χ0v) is 6.87. The van der Waals surface area contributed by atoms with Gasteiger partial charge in [0.25, 0.3) is 0 Å². The first-order valence-electron chi connectivity index (χ1n) is 3.69. The van der Waals surface area contributed by atoms with Crippen LogP contribution in [0.25, 0.3) is 0 Å². The maximum Gasteiger partial charge on any atom is 0.123 e. The van der Waals surface area contributed by atoms with E-state index in [1.807, 2.05) is 20.8 Å². The van der Waals surface area contributed by atoms with E-state index >= 15 is 0 Å². The first-order chi connectivity index (χ1) is 4.63. The number of aliphatic hydroxyl groups is 1. The van der Waals surface area contributed by atoms with E-state index in [0.29, 0.717) is 0 Å². The zero-order valence-electron chi connectivity index (χ0n) is 6.87. The van der Waals surface area contributed by atoms with Crippen LogP contribution >= 0.6 is 0 Å². The molecule has 0 unspecified atom stereocenters. The van der Waals surface area contributed by atoms with Gasteiger partial charge in [0.15, 0.2) is 0 Å². The van der Waals surface area contributed by atoms with E-state index in [2.05, 4.69) is 0 Å². The van der Waals surface area contributed by atoms with Crippen molar-refractivity contribution >= 4 is 6.29 Å². The van der Waals surface area contributed by atoms with E-state index in [9.17, 15) is 4.79 Å². The van der Waals surface area contributed by atoms with Crippen molar-refractivity contribution in [3.8, 4) is 0 Å². The molecule has 0 saturated carbocycles. The average molecular weight is 144 g/mol. The number of rotatable bonds is 4. The molecule has 0 aliphatic carbocycles. The molecule has 60 valence electrons. The van der Waals surface area contributed by atoms with Crippen LogP contribution < -0.4 is 0 Å². The van der Waals surface area contributed by atoms with Crippen molar-refractivity contribution in [1.29, 1.82) is 0 Å². The van der Waals surface area contributed by atoms with Crippen molar-refractivity contribution in [1.82, 2.24) is 0 Å². The molecule has 0 rings (SSSR count). The highest BCUT2D eigenvalue weighted by Crippen LogP contribution is 2.17. The molecule has 0 aromatic heterocycles. The lowest BCUT2D eigenvalue weighted by atomic mass is 9.86. The molecule has 2 heteroatoms. The molecule has 0 aliphatic heterocycles. The summed E-state index contributed by atoms with van der Waals surface area (Å²) in [5.41, 5.74) is 0. The molecule has 2 nitrogen and oxygen atoms in total. The van der Waals surface area contributed by atoms with Crippen LogP contribution in [0.4, 0.5) is 0 Å². The Kier molecular flexibility index (Phi) is 4.28. The lowest BCUT2D eigenvalue weighted by Gasteiger charge is -2.19. The minimum absolute atomic E-state index is 0.0575. The summed E-state index contributed by atoms with van der Waals surface area (Å²) in [7, 11) is 0. The molecular formula is C8H16O2. The van der Waals surface area contributed by atoms with Gasteiger partial charge in [-0.1, -0.05) is 20.8 Å². The number of hydrogen-bond donors (Lipinski definition) is 1. The minimum Gasteiger partial charge on any atom is -0.396 e. The molecule has 0 aromatic carbocycles. The van der Waals surface area contributed by atoms with E-state index < -0.39 is 0 Å². The van der Waals surface area contributed by atoms with Gasteiger partial charge >= 0.3 is 0 Å². The van der Waals surface area contributed by atoms with Crippen molar-refractivity contribution in [2.45, 2.75) is 20.8 Å². The van der Waals surface area contributed by atoms with Gasteiger partial charge in [-0.15, -0.1) is 0 Å². The largest absolute Gasteiger partial charge is 0.396 e. The fraction of sp³-hybridized carbons (Fsp3) is 0.875. The van der Waals surface area contributed by atoms with Gasteiger partial charge in [-0.05, 0) is 11.8 Å². The fourth-order valence-corrected chi connectivity index (χ4v) is 0.808. The summed E-state index contributed by atoms with van der Waals surface area (Å²) in [5.74, 6) is 0.560. The fourth-order valence-electron chi connectivity index (χ4n) is 0.808. The quantitative estimate of drug-likeness (QED) is 0.599. The summed E-state index contributed by atoms with van der Waals surface area (Å²) < 4.78 is 0. The summed E-state index contributed by atoms with van der Waals surface area (Å²) in [6, 6.07) is 0. The summed E-state index contributed by atoms with van der Waals surface area (Å²) in [6.45, 7) is 5.98. The van der Waals surface area contributed by atoms with Crippen molar-refractivity contribution in [3.63, 3.8) is 0 Å². The Balaban J connectivity index is 3.80. The Bertz CT molecular complexity index is 101. The van der Waals surface area contributed by atoms with Gasteiger partial charge in [0, 0.05) is 12.5 Å². The molecular weight excluding hydrogens is 128 g/mol. The van der Waals surface area contributed by atoms with Gasteiger partial charge in [0.2, 0.25) is 0 Å². The predicted molar refractivity (Wildman–Crippen MR) is 40.6 cm³/mol. The standard InChI is InChI=1S/C8H16O2/c1-6(4-9)8(3)7(2)5-10/h4,6-8,10H,5H2,1-3H3/t6-,7+,8-/m0/s1. The SMILES string of the molecule is C[C@H]([C@H](C)CO)[C@@H](C)C=O. The Labute approximate surface area is 62.2 Å². The Morgan fingerprint density at radius 2 is 1.90 bits per heavy atom. The number of aliphatic hydroxyl groups excluding tert-OH is 1. The van der Waals surface area contributed by atoms with Crippen LogP contribution in [-0.4, -0.2) is 18.0 Å². The molecule has 0 saturated heterocycles. The molecule has 0 aromatic rings. The smallest absolute Gasteiger partial charge is 0.123 e. The number of carbonyl (C=O) groups is 1. The van der Waals surface area contributed by atoms with Crippen molar-refractivity contribution in [3.05, 3.63) is 0 Å². The Morgan fingerprint density at radius 3 is 2.20 bits per heavy atom. The monoisotopic (exact) mass is 144 g/mol. The van der Waals surface area contributed by atoms with Gasteiger partial charge in [-0.25, -0.2) is 0 Å². The molecule has 0 radical (unpaired) electrons. The Morgan fingerprint density at radius 1 is 1.40 bits per heavy atom. The molecule has 0 aliphatic rings. The van der Waals surface area contributed by atoms with Gasteiger partial charge in [-0.3, -0.25) is 0 Å². The molecule has 0 fully saturated rings. The lowest BCUT2D eigenvalue weighted by Crippen LogP contribution is -2.20. The maximum atomic E-state index is 10.3. The van der Waals surface area contributed by atoms with E-state index in [4.69, 9.17) is 5.11 Å². The second kappa shape index (κ2) is 4.45. The average Bonchev–Trinajstić information content (AvgIpc) is 2.00. The Hall–Kier alpha value is -0.370. The number of hydrogen-bond acceptors (Lipinski definition) is 2. The highest BCUT2D eigenvalue weighted by molar-refractivity contribution is 5.53. The second-order valence-corrected chi connectivity index (χ2v) is 3.01. The third kappa shape index (κ3) is 2.48. The first-order valence-corrected chi connectivity index (χ1v) is 3.69. The highest BCUT2D eigenvalue weighted by atomic mass is 16.3. The van der Waals surface area contributed by atoms with Gasteiger partial charge in [-0.2, -0.15) is 0 Å². The van der Waals surface area contributed by atoms with Crippen LogP contribution in [0, 0.1) is 17.8 Å². The topological polar surface area (TPSA) is 37.3 Å². The molecule has 1 N–H and O–H groups in total. The van der Waals surface area contributed by atoms with Crippen LogP contribution in [0.15, 0.2) is 0 Å². The first kappa shape index (κ1) is 9.63. The van der Waals surface area contributed by atoms with Crippen LogP contribution in [0.5, 0.6) is 0 Å². The van der Waals surface area contributed by atoms with Gasteiger partial charge in [0.1, 0.15) is 6.29 Å². The molecule has 0 bridgehead atoms. The molecule has 3 atom stereocenters. The van der Waals surface area contributed by atoms with Crippen LogP contribution in [0.3, 0.4) is 0 Å². The van der Waals surface area contributed by atoms with E-state index in [1.54, 1.807) is 0 Å². The maximum absolute atomic E-state index is 10.3. The van der Waals surface area contributed by atoms with Gasteiger partial charge in [0.05, 0.1) is 0 Å². The molecule has 0 spiro atoms. The van der Waals surface area contributed by atoms with Crippen LogP contribution in [0.2, 0.25) is 0 Å². The van der Waals surface area contributed by atoms with Crippen LogP contribution in [-0.2, 0) is 4.79 Å². The lowest BCUT2D eigenvalue weighted by molar-refractivity contribution is -0.112. The highest BCUT2D eigenvalue weighted by Gasteiger charge is 2.17. The third-order valence-corrected chi connectivity index (χ3v) is 2.23. The molecule has 0 amide bonds. The third-order valence-electron chi connectivity index (χ3n) is 2.23. The minimum atomic E-state index is 0.0575. The molecule has 10 heavy (non-hydrogen) atoms. The summed E-state index contributed by atoms with van der Waals surface area (Å²) in [6.07, 6.45) is 0.941. The zero-order chi connectivity index (χ0) is 8.15. The summed E-state index contributed by atoms with van der Waals surface area (Å²) >= 11 is 0. The predicted octanol–water partition coefficient (Wildman–Crippen LogP) is 1.09. The second-order valence-electron chi connectivity index (χ2n) is 3.01. The van der Waals surface area contributed by atoms with Crippen molar-refractivity contribution < 1.29 is 9.90 Å². The van der Waals surface area contributed by atoms with Gasteiger partial charge < -0.3 is 9.90 Å². The van der Waals surface area contributed by atoms with E-state index in [-0.39, 0.29) is 24.4 Å². The number of carbonyl (C=O) groups excluding carboxylic acids is 1. The summed E-state index contributed by atoms with van der Waals surface area (Å²) in [4.78, 5) is 10.3. The number of aldehydes is 1. The van der Waals surface area contributed by atoms with Crippen LogP contribution in [0.1, 0.15) is 20.8 Å². The van der Waals surface area contributed by atoms with Crippen molar-refractivity contribution in [2.24, 2.45) is 17.8 Å². The normalized spacial score (nSPS) is 19.6. The van der Waals surface area contributed by atoms with Crippen molar-refractivity contribution in [2.75, 3.05) is 6.61 Å². The molecule has 0 heterocycles.